The third kappa shape index (κ3) is 2.25. The quantitative estimate of drug-likeness (QED) is 0.665. The molecule has 0 saturated carbocycles. The number of carbonyl (C=O) groups excluding carboxylic acids is 3. The Morgan fingerprint density at radius 3 is 2.65 bits per heavy atom. The molecule has 2 aromatic rings. The van der Waals surface area contributed by atoms with E-state index in [1.807, 2.05) is 6.92 Å². The maximum atomic E-state index is 13.8. The van der Waals surface area contributed by atoms with Gasteiger partial charge in [-0.2, -0.15) is 0 Å². The standard InChI is InChI=1S/C23H19Cl2N3O3/c1-11-8-13(25)10-15-19(11)26-22(31)23(15)18-17(16-6-3-7-27(16)23)20(29)28(21(18)30)14-5-2-4-12(24)9-14/h2,4-5,8-10,16-18H,3,6-7H2,1H3,(H,26,31)/t16-,17+,18-,23+/m0/s1. The van der Waals surface area contributed by atoms with Crippen LogP contribution in [-0.4, -0.2) is 35.2 Å². The van der Waals surface area contributed by atoms with Crippen LogP contribution >= 0.6 is 23.2 Å². The van der Waals surface area contributed by atoms with Gasteiger partial charge in [0.15, 0.2) is 0 Å². The number of hydrogen-bond acceptors (Lipinski definition) is 4. The molecule has 4 atom stereocenters. The number of aryl methyl sites for hydroxylation is 1. The summed E-state index contributed by atoms with van der Waals surface area (Å²) in [5.74, 6) is -2.24. The summed E-state index contributed by atoms with van der Waals surface area (Å²) >= 11 is 12.5. The second kappa shape index (κ2) is 6.31. The molecule has 3 amide bonds. The summed E-state index contributed by atoms with van der Waals surface area (Å²) in [6, 6.07) is 10.1. The molecule has 6 nitrogen and oxygen atoms in total. The van der Waals surface area contributed by atoms with Crippen molar-refractivity contribution in [2.45, 2.75) is 31.3 Å². The number of carbonyl (C=O) groups is 3. The van der Waals surface area contributed by atoms with Crippen LogP contribution in [0.5, 0.6) is 0 Å². The number of imide groups is 1. The molecular formula is C23H19Cl2N3O3. The highest BCUT2D eigenvalue weighted by molar-refractivity contribution is 6.32. The van der Waals surface area contributed by atoms with Crippen LogP contribution in [0.2, 0.25) is 10.0 Å². The Hall–Kier alpha value is -2.41. The van der Waals surface area contributed by atoms with Crippen molar-refractivity contribution in [2.75, 3.05) is 16.8 Å². The van der Waals surface area contributed by atoms with Gasteiger partial charge in [0.2, 0.25) is 17.7 Å². The maximum absolute atomic E-state index is 13.8. The zero-order valence-electron chi connectivity index (χ0n) is 16.7. The van der Waals surface area contributed by atoms with Crippen molar-refractivity contribution < 1.29 is 14.4 Å². The van der Waals surface area contributed by atoms with Gasteiger partial charge < -0.3 is 5.32 Å². The van der Waals surface area contributed by atoms with Gasteiger partial charge in [-0.15, -0.1) is 0 Å². The number of nitrogens with one attached hydrogen (secondary N) is 1. The number of fused-ring (bicyclic) bond motifs is 7. The topological polar surface area (TPSA) is 69.7 Å². The summed E-state index contributed by atoms with van der Waals surface area (Å²) in [5, 5.41) is 3.96. The molecule has 158 valence electrons. The Labute approximate surface area is 189 Å². The van der Waals surface area contributed by atoms with Crippen LogP contribution in [0.3, 0.4) is 0 Å². The molecule has 31 heavy (non-hydrogen) atoms. The minimum Gasteiger partial charge on any atom is -0.324 e. The Kier molecular flexibility index (Phi) is 3.93. The molecule has 0 unspecified atom stereocenters. The predicted octanol–water partition coefficient (Wildman–Crippen LogP) is 3.73. The second-order valence-corrected chi connectivity index (χ2v) is 9.64. The number of benzene rings is 2. The fraction of sp³-hybridized carbons (Fsp3) is 0.348. The highest BCUT2D eigenvalue weighted by Gasteiger charge is 2.74. The molecule has 4 aliphatic heterocycles. The van der Waals surface area contributed by atoms with Crippen molar-refractivity contribution in [3.63, 3.8) is 0 Å². The summed E-state index contributed by atoms with van der Waals surface area (Å²) in [4.78, 5) is 44.4. The number of amides is 3. The lowest BCUT2D eigenvalue weighted by molar-refractivity contribution is -0.135. The van der Waals surface area contributed by atoms with Crippen LogP contribution in [0.4, 0.5) is 11.4 Å². The van der Waals surface area contributed by atoms with Crippen LogP contribution in [-0.2, 0) is 19.9 Å². The molecule has 3 saturated heterocycles. The minimum atomic E-state index is -1.23. The van der Waals surface area contributed by atoms with Gasteiger partial charge in [-0.25, -0.2) is 4.90 Å². The number of nitrogens with zero attached hydrogens (tertiary/aromatic N) is 2. The van der Waals surface area contributed by atoms with Gasteiger partial charge in [0.1, 0.15) is 5.54 Å². The van der Waals surface area contributed by atoms with E-state index in [9.17, 15) is 14.4 Å². The van der Waals surface area contributed by atoms with E-state index in [2.05, 4.69) is 10.2 Å². The van der Waals surface area contributed by atoms with Gasteiger partial charge in [0.05, 0.1) is 17.5 Å². The van der Waals surface area contributed by atoms with Gasteiger partial charge in [-0.1, -0.05) is 29.3 Å². The summed E-state index contributed by atoms with van der Waals surface area (Å²) in [5.41, 5.74) is 1.46. The lowest BCUT2D eigenvalue weighted by atomic mass is 9.75. The molecule has 0 radical (unpaired) electrons. The molecule has 1 spiro atoms. The molecular weight excluding hydrogens is 437 g/mol. The Balaban J connectivity index is 1.58. The highest BCUT2D eigenvalue weighted by atomic mass is 35.5. The number of anilines is 2. The Bertz CT molecular complexity index is 1200. The van der Waals surface area contributed by atoms with Crippen molar-refractivity contribution in [1.82, 2.24) is 4.90 Å². The monoisotopic (exact) mass is 455 g/mol. The van der Waals surface area contributed by atoms with E-state index in [1.54, 1.807) is 36.4 Å². The smallest absolute Gasteiger partial charge is 0.250 e. The molecule has 1 N–H and O–H groups in total. The normalized spacial score (nSPS) is 31.4. The van der Waals surface area contributed by atoms with E-state index in [-0.39, 0.29) is 23.8 Å². The third-order valence-electron chi connectivity index (χ3n) is 7.33. The lowest BCUT2D eigenvalue weighted by Gasteiger charge is -2.36. The molecule has 0 aromatic heterocycles. The second-order valence-electron chi connectivity index (χ2n) is 8.76. The molecule has 8 heteroatoms. The van der Waals surface area contributed by atoms with Gasteiger partial charge >= 0.3 is 0 Å². The van der Waals surface area contributed by atoms with Crippen molar-refractivity contribution in [3.05, 3.63) is 57.6 Å². The first-order valence-corrected chi connectivity index (χ1v) is 11.1. The van der Waals surface area contributed by atoms with Crippen LogP contribution in [0.25, 0.3) is 0 Å². The fourth-order valence-electron chi connectivity index (χ4n) is 6.31. The van der Waals surface area contributed by atoms with Crippen molar-refractivity contribution in [2.24, 2.45) is 11.8 Å². The molecule has 4 aliphatic rings. The number of hydrogen-bond donors (Lipinski definition) is 1. The van der Waals surface area contributed by atoms with Crippen LogP contribution in [0.15, 0.2) is 36.4 Å². The SMILES string of the molecule is Cc1cc(Cl)cc2c1NC(=O)[C@]21[C@@H]2C(=O)N(c3cccc(Cl)c3)C(=O)[C@@H]2[C@@H]2CCCN21. The van der Waals surface area contributed by atoms with Crippen LogP contribution in [0, 0.1) is 18.8 Å². The van der Waals surface area contributed by atoms with E-state index < -0.39 is 17.4 Å². The fourth-order valence-corrected chi connectivity index (χ4v) is 6.76. The number of rotatable bonds is 1. The van der Waals surface area contributed by atoms with Crippen molar-refractivity contribution in [1.29, 1.82) is 0 Å². The van der Waals surface area contributed by atoms with Gasteiger partial charge in [0, 0.05) is 27.3 Å². The largest absolute Gasteiger partial charge is 0.324 e. The van der Waals surface area contributed by atoms with E-state index in [4.69, 9.17) is 23.2 Å². The molecule has 0 aliphatic carbocycles. The molecule has 6 rings (SSSR count). The average Bonchev–Trinajstić information content (AvgIpc) is 3.41. The highest BCUT2D eigenvalue weighted by Crippen LogP contribution is 2.61. The first-order valence-electron chi connectivity index (χ1n) is 10.4. The first-order chi connectivity index (χ1) is 14.9. The number of halogens is 2. The van der Waals surface area contributed by atoms with Crippen molar-refractivity contribution in [3.8, 4) is 0 Å². The summed E-state index contributed by atoms with van der Waals surface area (Å²) < 4.78 is 0. The first kappa shape index (κ1) is 19.3. The third-order valence-corrected chi connectivity index (χ3v) is 7.78. The van der Waals surface area contributed by atoms with Crippen LogP contribution < -0.4 is 10.2 Å². The minimum absolute atomic E-state index is 0.165. The predicted molar refractivity (Wildman–Crippen MR) is 117 cm³/mol. The Morgan fingerprint density at radius 1 is 1.06 bits per heavy atom. The van der Waals surface area contributed by atoms with Gasteiger partial charge in [-0.05, 0) is 62.2 Å². The molecule has 4 heterocycles. The van der Waals surface area contributed by atoms with E-state index >= 15 is 0 Å². The zero-order valence-corrected chi connectivity index (χ0v) is 18.2. The molecule has 2 aromatic carbocycles. The van der Waals surface area contributed by atoms with E-state index in [0.29, 0.717) is 33.5 Å². The average molecular weight is 456 g/mol. The lowest BCUT2D eigenvalue weighted by Crippen LogP contribution is -2.54. The van der Waals surface area contributed by atoms with Crippen LogP contribution in [0.1, 0.15) is 24.0 Å². The molecule has 3 fully saturated rings. The zero-order chi connectivity index (χ0) is 21.7. The summed E-state index contributed by atoms with van der Waals surface area (Å²) in [6.07, 6.45) is 1.64. The Morgan fingerprint density at radius 2 is 1.87 bits per heavy atom. The van der Waals surface area contributed by atoms with E-state index in [1.165, 1.54) is 4.90 Å². The van der Waals surface area contributed by atoms with Gasteiger partial charge in [-0.3, -0.25) is 19.3 Å². The van der Waals surface area contributed by atoms with E-state index in [0.717, 1.165) is 18.4 Å². The van der Waals surface area contributed by atoms with Gasteiger partial charge in [0.25, 0.3) is 0 Å². The summed E-state index contributed by atoms with van der Waals surface area (Å²) in [6.45, 7) is 2.55. The van der Waals surface area contributed by atoms with Crippen molar-refractivity contribution >= 4 is 52.3 Å². The maximum Gasteiger partial charge on any atom is 0.250 e. The summed E-state index contributed by atoms with van der Waals surface area (Å²) in [7, 11) is 0. The molecule has 0 bridgehead atoms.